The highest BCUT2D eigenvalue weighted by molar-refractivity contribution is 7.89. The van der Waals surface area contributed by atoms with Crippen molar-refractivity contribution in [3.05, 3.63) is 22.2 Å². The fourth-order valence-electron chi connectivity index (χ4n) is 1.79. The summed E-state index contributed by atoms with van der Waals surface area (Å²) in [4.78, 5) is -0.234. The first-order valence-corrected chi connectivity index (χ1v) is 8.29. The monoisotopic (exact) mass is 340 g/mol. The van der Waals surface area contributed by atoms with Crippen LogP contribution in [0.15, 0.2) is 17.0 Å². The van der Waals surface area contributed by atoms with Gasteiger partial charge in [-0.25, -0.2) is 13.1 Å². The fraction of sp³-hybridized carbons (Fsp3) is 0.500. The summed E-state index contributed by atoms with van der Waals surface area (Å²) in [5.41, 5.74) is 4.67. The molecule has 0 aliphatic carbocycles. The number of rotatable bonds is 6. The van der Waals surface area contributed by atoms with Gasteiger partial charge in [-0.05, 0) is 25.5 Å². The lowest BCUT2D eigenvalue weighted by Gasteiger charge is -2.23. The van der Waals surface area contributed by atoms with Crippen LogP contribution in [0, 0.1) is 0 Å². The molecule has 0 saturated carbocycles. The van der Waals surface area contributed by atoms with Crippen molar-refractivity contribution in [1.82, 2.24) is 4.72 Å². The van der Waals surface area contributed by atoms with Crippen LogP contribution in [0.4, 0.5) is 5.69 Å². The Morgan fingerprint density at radius 1 is 1.35 bits per heavy atom. The second-order valence-electron chi connectivity index (χ2n) is 4.89. The first kappa shape index (κ1) is 17.5. The van der Waals surface area contributed by atoms with Gasteiger partial charge in [0.15, 0.2) is 0 Å². The molecule has 1 unspecified atom stereocenters. The SMILES string of the molecule is CCCC(C)(O)CNS(=O)(=O)c1c(Cl)cc(N)cc1Cl. The molecule has 0 heterocycles. The van der Waals surface area contributed by atoms with Gasteiger partial charge in [0.2, 0.25) is 10.0 Å². The van der Waals surface area contributed by atoms with E-state index >= 15 is 0 Å². The summed E-state index contributed by atoms with van der Waals surface area (Å²) < 4.78 is 26.7. The van der Waals surface area contributed by atoms with Crippen LogP contribution in [0.25, 0.3) is 0 Å². The van der Waals surface area contributed by atoms with Gasteiger partial charge in [0.05, 0.1) is 15.6 Å². The quantitative estimate of drug-likeness (QED) is 0.693. The number of hydrogen-bond acceptors (Lipinski definition) is 4. The van der Waals surface area contributed by atoms with Crippen LogP contribution >= 0.6 is 23.2 Å². The molecule has 8 heteroatoms. The standard InChI is InChI=1S/C12H18Cl2N2O3S/c1-3-4-12(2,17)7-16-20(18,19)11-9(13)5-8(15)6-10(11)14/h5-6,16-17H,3-4,7,15H2,1-2H3. The predicted molar refractivity (Wildman–Crippen MR) is 81.6 cm³/mol. The third kappa shape index (κ3) is 4.49. The maximum Gasteiger partial charge on any atom is 0.243 e. The number of nitrogen functional groups attached to an aromatic ring is 1. The predicted octanol–water partition coefficient (Wildman–Crippen LogP) is 2.41. The van der Waals surface area contributed by atoms with Crippen LogP contribution in [0.2, 0.25) is 10.0 Å². The molecule has 0 radical (unpaired) electrons. The molecule has 1 aromatic carbocycles. The highest BCUT2D eigenvalue weighted by Gasteiger charge is 2.26. The zero-order valence-electron chi connectivity index (χ0n) is 11.3. The van der Waals surface area contributed by atoms with Crippen LogP contribution < -0.4 is 10.5 Å². The molecule has 0 aromatic heterocycles. The molecule has 1 rings (SSSR count). The Morgan fingerprint density at radius 3 is 2.30 bits per heavy atom. The summed E-state index contributed by atoms with van der Waals surface area (Å²) in [6.07, 6.45) is 1.21. The Hall–Kier alpha value is -0.530. The van der Waals surface area contributed by atoms with E-state index in [0.29, 0.717) is 6.42 Å². The van der Waals surface area contributed by atoms with Gasteiger partial charge >= 0.3 is 0 Å². The summed E-state index contributed by atoms with van der Waals surface area (Å²) in [5.74, 6) is 0. The van der Waals surface area contributed by atoms with Crippen LogP contribution in [0.1, 0.15) is 26.7 Å². The summed E-state index contributed by atoms with van der Waals surface area (Å²) in [7, 11) is -3.92. The van der Waals surface area contributed by atoms with E-state index < -0.39 is 15.6 Å². The molecule has 0 amide bonds. The Bertz CT molecular complexity index is 565. The Balaban J connectivity index is 3.01. The number of aliphatic hydroxyl groups is 1. The van der Waals surface area contributed by atoms with Crippen molar-refractivity contribution < 1.29 is 13.5 Å². The molecule has 4 N–H and O–H groups in total. The number of hydrogen-bond donors (Lipinski definition) is 3. The molecule has 0 bridgehead atoms. The van der Waals surface area contributed by atoms with Crippen molar-refractivity contribution in [2.24, 2.45) is 0 Å². The van der Waals surface area contributed by atoms with Crippen LogP contribution in [-0.2, 0) is 10.0 Å². The van der Waals surface area contributed by atoms with E-state index in [0.717, 1.165) is 6.42 Å². The van der Waals surface area contributed by atoms with E-state index in [1.54, 1.807) is 6.92 Å². The van der Waals surface area contributed by atoms with Gasteiger partial charge in [-0.15, -0.1) is 0 Å². The smallest absolute Gasteiger partial charge is 0.243 e. The number of halogens is 2. The fourth-order valence-corrected chi connectivity index (χ4v) is 4.18. The van der Waals surface area contributed by atoms with Gasteiger partial charge < -0.3 is 10.8 Å². The lowest BCUT2D eigenvalue weighted by molar-refractivity contribution is 0.0554. The summed E-state index contributed by atoms with van der Waals surface area (Å²) in [6.45, 7) is 3.34. The Kier molecular flexibility index (Phi) is 5.69. The second-order valence-corrected chi connectivity index (χ2v) is 7.40. The summed E-state index contributed by atoms with van der Waals surface area (Å²) >= 11 is 11.8. The molecule has 1 atom stereocenters. The van der Waals surface area contributed by atoms with E-state index in [2.05, 4.69) is 4.72 Å². The second kappa shape index (κ2) is 6.49. The van der Waals surface area contributed by atoms with Gasteiger partial charge in [0.1, 0.15) is 4.90 Å². The Morgan fingerprint density at radius 2 is 1.85 bits per heavy atom. The third-order valence-electron chi connectivity index (χ3n) is 2.72. The van der Waals surface area contributed by atoms with Crippen LogP contribution in [-0.4, -0.2) is 25.7 Å². The lowest BCUT2D eigenvalue weighted by Crippen LogP contribution is -2.40. The number of anilines is 1. The molecule has 0 aliphatic rings. The van der Waals surface area contributed by atoms with E-state index in [-0.39, 0.29) is 27.2 Å². The van der Waals surface area contributed by atoms with E-state index in [1.165, 1.54) is 12.1 Å². The number of benzene rings is 1. The minimum atomic E-state index is -3.92. The number of nitrogens with two attached hydrogens (primary N) is 1. The molecule has 5 nitrogen and oxygen atoms in total. The zero-order chi connectivity index (χ0) is 15.6. The van der Waals surface area contributed by atoms with Crippen LogP contribution in [0.3, 0.4) is 0 Å². The highest BCUT2D eigenvalue weighted by Crippen LogP contribution is 2.31. The molecule has 0 spiro atoms. The molecular weight excluding hydrogens is 323 g/mol. The average Bonchev–Trinajstić information content (AvgIpc) is 2.24. The van der Waals surface area contributed by atoms with Gasteiger partial charge in [-0.3, -0.25) is 0 Å². The first-order valence-electron chi connectivity index (χ1n) is 6.05. The maximum atomic E-state index is 12.2. The highest BCUT2D eigenvalue weighted by atomic mass is 35.5. The van der Waals surface area contributed by atoms with Gasteiger partial charge in [-0.2, -0.15) is 0 Å². The molecular formula is C12H18Cl2N2O3S. The minimum Gasteiger partial charge on any atom is -0.399 e. The molecule has 20 heavy (non-hydrogen) atoms. The molecule has 0 fully saturated rings. The zero-order valence-corrected chi connectivity index (χ0v) is 13.6. The third-order valence-corrected chi connectivity index (χ3v) is 5.04. The number of sulfonamides is 1. The summed E-state index contributed by atoms with van der Waals surface area (Å²) in [5, 5.41) is 9.88. The van der Waals surface area contributed by atoms with Gasteiger partial charge in [0, 0.05) is 12.2 Å². The first-order chi connectivity index (χ1) is 9.09. The normalized spacial score (nSPS) is 15.1. The maximum absolute atomic E-state index is 12.2. The average molecular weight is 341 g/mol. The van der Waals surface area contributed by atoms with E-state index in [1.807, 2.05) is 6.92 Å². The lowest BCUT2D eigenvalue weighted by atomic mass is 10.0. The Labute approximate surface area is 129 Å². The van der Waals surface area contributed by atoms with Crippen molar-refractivity contribution in [3.63, 3.8) is 0 Å². The van der Waals surface area contributed by atoms with Crippen molar-refractivity contribution in [1.29, 1.82) is 0 Å². The van der Waals surface area contributed by atoms with Crippen molar-refractivity contribution >= 4 is 38.9 Å². The van der Waals surface area contributed by atoms with Crippen molar-refractivity contribution in [2.75, 3.05) is 12.3 Å². The molecule has 0 aliphatic heterocycles. The van der Waals surface area contributed by atoms with Gasteiger partial charge in [-0.1, -0.05) is 36.5 Å². The van der Waals surface area contributed by atoms with E-state index in [4.69, 9.17) is 28.9 Å². The largest absolute Gasteiger partial charge is 0.399 e. The number of nitrogens with one attached hydrogen (secondary N) is 1. The van der Waals surface area contributed by atoms with E-state index in [9.17, 15) is 13.5 Å². The molecule has 0 saturated heterocycles. The van der Waals surface area contributed by atoms with Gasteiger partial charge in [0.25, 0.3) is 0 Å². The summed E-state index contributed by atoms with van der Waals surface area (Å²) in [6, 6.07) is 2.62. The molecule has 1 aromatic rings. The topological polar surface area (TPSA) is 92.4 Å². The van der Waals surface area contributed by atoms with Crippen LogP contribution in [0.5, 0.6) is 0 Å². The van der Waals surface area contributed by atoms with Crippen molar-refractivity contribution in [3.8, 4) is 0 Å². The van der Waals surface area contributed by atoms with Crippen molar-refractivity contribution in [2.45, 2.75) is 37.2 Å². The molecule has 114 valence electrons. The minimum absolute atomic E-state index is 0.0577.